The van der Waals surface area contributed by atoms with Gasteiger partial charge in [-0.15, -0.1) is 0 Å². The van der Waals surface area contributed by atoms with Gasteiger partial charge in [-0.05, 0) is 32.9 Å². The van der Waals surface area contributed by atoms with E-state index in [1.54, 1.807) is 11.8 Å². The first kappa shape index (κ1) is 14.8. The zero-order valence-corrected chi connectivity index (χ0v) is 13.7. The lowest BCUT2D eigenvalue weighted by Crippen LogP contribution is -2.02. The molecule has 0 spiro atoms. The van der Waals surface area contributed by atoms with Gasteiger partial charge in [0.15, 0.2) is 5.16 Å². The number of hydrogen-bond donors (Lipinski definition) is 1. The van der Waals surface area contributed by atoms with Gasteiger partial charge in [0.05, 0.1) is 11.2 Å². The normalized spacial score (nSPS) is 11.0. The number of nitrogens with zero attached hydrogens (tertiary/aromatic N) is 3. The zero-order chi connectivity index (χ0) is 15.5. The average molecular weight is 314 g/mol. The van der Waals surface area contributed by atoms with E-state index in [-0.39, 0.29) is 0 Å². The first-order valence-electron chi connectivity index (χ1n) is 7.24. The Morgan fingerprint density at radius 3 is 2.73 bits per heavy atom. The molecule has 0 saturated heterocycles. The van der Waals surface area contributed by atoms with Gasteiger partial charge in [0, 0.05) is 23.2 Å². The quantitative estimate of drug-likeness (QED) is 0.568. The molecule has 0 atom stereocenters. The van der Waals surface area contributed by atoms with Gasteiger partial charge in [-0.1, -0.05) is 29.1 Å². The van der Waals surface area contributed by atoms with E-state index >= 15 is 0 Å². The molecule has 5 nitrogen and oxygen atoms in total. The highest BCUT2D eigenvalue weighted by Crippen LogP contribution is 2.28. The fourth-order valence-electron chi connectivity index (χ4n) is 2.27. The summed E-state index contributed by atoms with van der Waals surface area (Å²) in [6, 6.07) is 8.05. The molecule has 3 aromatic rings. The summed E-state index contributed by atoms with van der Waals surface area (Å²) in [7, 11) is 0. The third-order valence-electron chi connectivity index (χ3n) is 3.45. The van der Waals surface area contributed by atoms with Crippen molar-refractivity contribution in [3.63, 3.8) is 0 Å². The lowest BCUT2D eigenvalue weighted by molar-refractivity contribution is 0.392. The van der Waals surface area contributed by atoms with Crippen molar-refractivity contribution in [3.8, 4) is 0 Å². The van der Waals surface area contributed by atoms with Gasteiger partial charge in [-0.25, -0.2) is 9.97 Å². The van der Waals surface area contributed by atoms with Crippen molar-refractivity contribution in [1.82, 2.24) is 15.1 Å². The number of aryl methyl sites for hydroxylation is 2. The van der Waals surface area contributed by atoms with E-state index in [2.05, 4.69) is 27.4 Å². The number of anilines is 1. The molecule has 0 aliphatic heterocycles. The minimum atomic E-state index is 0.755. The van der Waals surface area contributed by atoms with Gasteiger partial charge >= 0.3 is 0 Å². The summed E-state index contributed by atoms with van der Waals surface area (Å²) in [5.74, 6) is 2.50. The van der Waals surface area contributed by atoms with Crippen LogP contribution < -0.4 is 5.32 Å². The van der Waals surface area contributed by atoms with Crippen molar-refractivity contribution in [2.75, 3.05) is 11.9 Å². The summed E-state index contributed by atoms with van der Waals surface area (Å²) >= 11 is 1.60. The minimum Gasteiger partial charge on any atom is -0.370 e. The Balaban J connectivity index is 1.90. The summed E-state index contributed by atoms with van der Waals surface area (Å²) in [4.78, 5) is 9.28. The summed E-state index contributed by atoms with van der Waals surface area (Å²) in [5, 5.41) is 9.10. The van der Waals surface area contributed by atoms with E-state index in [0.29, 0.717) is 0 Å². The van der Waals surface area contributed by atoms with E-state index < -0.39 is 0 Å². The molecule has 0 unspecified atom stereocenters. The van der Waals surface area contributed by atoms with Gasteiger partial charge in [-0.3, -0.25) is 0 Å². The van der Waals surface area contributed by atoms with Gasteiger partial charge in [0.25, 0.3) is 0 Å². The Morgan fingerprint density at radius 1 is 1.18 bits per heavy atom. The first-order valence-corrected chi connectivity index (χ1v) is 8.22. The molecule has 2 heterocycles. The van der Waals surface area contributed by atoms with E-state index in [1.165, 1.54) is 0 Å². The lowest BCUT2D eigenvalue weighted by atomic mass is 10.2. The van der Waals surface area contributed by atoms with Crippen LogP contribution in [0.15, 0.2) is 33.9 Å². The molecule has 0 amide bonds. The number of benzene rings is 1. The van der Waals surface area contributed by atoms with Gasteiger partial charge < -0.3 is 9.84 Å². The molecular weight excluding hydrogens is 296 g/mol. The highest BCUT2D eigenvalue weighted by atomic mass is 32.2. The second kappa shape index (κ2) is 6.36. The Labute approximate surface area is 133 Å². The molecule has 0 bridgehead atoms. The number of hydrogen-bond acceptors (Lipinski definition) is 6. The highest BCUT2D eigenvalue weighted by Gasteiger charge is 2.12. The predicted molar refractivity (Wildman–Crippen MR) is 89.2 cm³/mol. The number of thioether (sulfide) groups is 1. The Bertz CT molecular complexity index is 780. The predicted octanol–water partition coefficient (Wildman–Crippen LogP) is 3.96. The summed E-state index contributed by atoms with van der Waals surface area (Å²) in [5.41, 5.74) is 3.00. The van der Waals surface area contributed by atoms with Crippen LogP contribution in [0.25, 0.3) is 10.9 Å². The van der Waals surface area contributed by atoms with E-state index in [9.17, 15) is 0 Å². The number of para-hydroxylation sites is 1. The van der Waals surface area contributed by atoms with E-state index in [0.717, 1.165) is 51.2 Å². The van der Waals surface area contributed by atoms with Crippen molar-refractivity contribution in [1.29, 1.82) is 0 Å². The molecule has 0 radical (unpaired) electrons. The fraction of sp³-hybridized carbons (Fsp3) is 0.312. The number of aromatic nitrogens is 3. The third-order valence-corrected chi connectivity index (χ3v) is 4.33. The number of rotatable bonds is 5. The lowest BCUT2D eigenvalue weighted by Gasteiger charge is -2.09. The molecule has 114 valence electrons. The highest BCUT2D eigenvalue weighted by molar-refractivity contribution is 7.98. The van der Waals surface area contributed by atoms with Crippen molar-refractivity contribution in [3.05, 3.63) is 41.3 Å². The minimum absolute atomic E-state index is 0.755. The largest absolute Gasteiger partial charge is 0.370 e. The van der Waals surface area contributed by atoms with Crippen LogP contribution in [0.5, 0.6) is 0 Å². The Morgan fingerprint density at radius 2 is 2.00 bits per heavy atom. The standard InChI is InChI=1S/C16H18N4OS/c1-4-17-15-12-7-5-6-8-14(12)18-16(19-15)22-9-13-10(2)20-21-11(13)3/h5-8H,4,9H2,1-3H3,(H,17,18,19). The van der Waals surface area contributed by atoms with E-state index in [4.69, 9.17) is 4.52 Å². The zero-order valence-electron chi connectivity index (χ0n) is 12.9. The number of nitrogens with one attached hydrogen (secondary N) is 1. The summed E-state index contributed by atoms with van der Waals surface area (Å²) in [6.45, 7) is 6.78. The topological polar surface area (TPSA) is 63.8 Å². The summed E-state index contributed by atoms with van der Waals surface area (Å²) in [6.07, 6.45) is 0. The average Bonchev–Trinajstić information content (AvgIpc) is 2.84. The molecule has 2 aromatic heterocycles. The molecule has 1 N–H and O–H groups in total. The second-order valence-electron chi connectivity index (χ2n) is 4.99. The van der Waals surface area contributed by atoms with Crippen molar-refractivity contribution in [2.24, 2.45) is 0 Å². The van der Waals surface area contributed by atoms with Crippen LogP contribution in [0.2, 0.25) is 0 Å². The molecule has 0 aliphatic rings. The molecule has 3 rings (SSSR count). The van der Waals surface area contributed by atoms with Gasteiger partial charge in [0.2, 0.25) is 0 Å². The van der Waals surface area contributed by atoms with Gasteiger partial charge in [0.1, 0.15) is 11.6 Å². The third kappa shape index (κ3) is 2.92. The van der Waals surface area contributed by atoms with Crippen LogP contribution in [-0.4, -0.2) is 21.7 Å². The van der Waals surface area contributed by atoms with Crippen LogP contribution >= 0.6 is 11.8 Å². The van der Waals surface area contributed by atoms with Crippen LogP contribution in [0, 0.1) is 13.8 Å². The van der Waals surface area contributed by atoms with Crippen LogP contribution in [0.1, 0.15) is 23.9 Å². The maximum absolute atomic E-state index is 5.20. The summed E-state index contributed by atoms with van der Waals surface area (Å²) < 4.78 is 5.20. The molecule has 6 heteroatoms. The van der Waals surface area contributed by atoms with Crippen molar-refractivity contribution < 1.29 is 4.52 Å². The van der Waals surface area contributed by atoms with Crippen LogP contribution in [0.3, 0.4) is 0 Å². The van der Waals surface area contributed by atoms with E-state index in [1.807, 2.05) is 38.1 Å². The number of fused-ring (bicyclic) bond motifs is 1. The maximum atomic E-state index is 5.20. The molecule has 1 aromatic carbocycles. The molecule has 0 saturated carbocycles. The maximum Gasteiger partial charge on any atom is 0.190 e. The van der Waals surface area contributed by atoms with Crippen molar-refractivity contribution in [2.45, 2.75) is 31.7 Å². The fourth-order valence-corrected chi connectivity index (χ4v) is 3.27. The van der Waals surface area contributed by atoms with Crippen LogP contribution in [-0.2, 0) is 5.75 Å². The Hall–Kier alpha value is -2.08. The smallest absolute Gasteiger partial charge is 0.190 e. The van der Waals surface area contributed by atoms with Crippen LogP contribution in [0.4, 0.5) is 5.82 Å². The Kier molecular flexibility index (Phi) is 4.29. The molecule has 22 heavy (non-hydrogen) atoms. The molecule has 0 aliphatic carbocycles. The monoisotopic (exact) mass is 314 g/mol. The SMILES string of the molecule is CCNc1nc(SCc2c(C)noc2C)nc2ccccc12. The molecular formula is C16H18N4OS. The second-order valence-corrected chi connectivity index (χ2v) is 5.94. The van der Waals surface area contributed by atoms with Gasteiger partial charge in [-0.2, -0.15) is 0 Å². The van der Waals surface area contributed by atoms with Crippen molar-refractivity contribution >= 4 is 28.5 Å². The first-order chi connectivity index (χ1) is 10.7. The molecule has 0 fully saturated rings.